The van der Waals surface area contributed by atoms with Crippen molar-refractivity contribution < 1.29 is 19.1 Å². The number of ether oxygens (including phenoxy) is 1. The minimum Gasteiger partial charge on any atom is -0.488 e. The van der Waals surface area contributed by atoms with Crippen LogP contribution in [0.3, 0.4) is 0 Å². The molecule has 0 bridgehead atoms. The Labute approximate surface area is 220 Å². The standard InChI is InChI=1S/C29H26ClN3O4/c30-22-7-5-20(6-8-22)19-3-1-18(2-4-19)14-32-16-24(17-32)37-23-9-10-25-21(13-23)15-33(29(25)36)26-11-12-27(34)31-28(26)35/h1-10,13,24,26H,11-12,14-17H2,(H,31,34,35). The molecule has 0 radical (unpaired) electrons. The van der Waals surface area contributed by atoms with Crippen LogP contribution in [0.5, 0.6) is 5.75 Å². The van der Waals surface area contributed by atoms with Gasteiger partial charge in [0.2, 0.25) is 11.8 Å². The summed E-state index contributed by atoms with van der Waals surface area (Å²) in [6, 6.07) is 21.3. The van der Waals surface area contributed by atoms with Gasteiger partial charge in [0, 0.05) is 43.2 Å². The molecular formula is C29H26ClN3O4. The van der Waals surface area contributed by atoms with E-state index in [0.717, 1.165) is 47.1 Å². The molecule has 0 spiro atoms. The van der Waals surface area contributed by atoms with E-state index in [-0.39, 0.29) is 24.3 Å². The lowest BCUT2D eigenvalue weighted by Crippen LogP contribution is -2.53. The van der Waals surface area contributed by atoms with E-state index in [1.165, 1.54) is 5.56 Å². The molecular weight excluding hydrogens is 490 g/mol. The van der Waals surface area contributed by atoms with Gasteiger partial charge in [-0.1, -0.05) is 48.0 Å². The fraction of sp³-hybridized carbons (Fsp3) is 0.276. The largest absolute Gasteiger partial charge is 0.488 e. The molecule has 2 saturated heterocycles. The summed E-state index contributed by atoms with van der Waals surface area (Å²) in [7, 11) is 0. The number of piperidine rings is 1. The number of fused-ring (bicyclic) bond motifs is 1. The summed E-state index contributed by atoms with van der Waals surface area (Å²) >= 11 is 5.99. The zero-order valence-corrected chi connectivity index (χ0v) is 20.9. The lowest BCUT2D eigenvalue weighted by molar-refractivity contribution is -0.136. The van der Waals surface area contributed by atoms with E-state index in [0.29, 0.717) is 18.5 Å². The van der Waals surface area contributed by atoms with Crippen LogP contribution in [-0.2, 0) is 22.7 Å². The molecule has 7 nitrogen and oxygen atoms in total. The van der Waals surface area contributed by atoms with Crippen molar-refractivity contribution in [2.75, 3.05) is 13.1 Å². The van der Waals surface area contributed by atoms with Crippen LogP contribution in [0.15, 0.2) is 66.7 Å². The van der Waals surface area contributed by atoms with Crippen LogP contribution >= 0.6 is 11.6 Å². The fourth-order valence-electron chi connectivity index (χ4n) is 5.25. The molecule has 8 heteroatoms. The Hall–Kier alpha value is -3.68. The Bertz CT molecular complexity index is 1370. The fourth-order valence-corrected chi connectivity index (χ4v) is 5.37. The normalized spacial score (nSPS) is 20.0. The first-order chi connectivity index (χ1) is 17.9. The molecule has 0 saturated carbocycles. The SMILES string of the molecule is O=C1CCC(N2Cc3cc(OC4CN(Cc5ccc(-c6ccc(Cl)cc6)cc5)C4)ccc3C2=O)C(=O)N1. The molecule has 1 atom stereocenters. The number of amides is 3. The maximum Gasteiger partial charge on any atom is 0.255 e. The minimum atomic E-state index is -0.609. The third-order valence-electron chi connectivity index (χ3n) is 7.26. The Morgan fingerprint density at radius 1 is 0.919 bits per heavy atom. The molecule has 188 valence electrons. The molecule has 3 aliphatic heterocycles. The highest BCUT2D eigenvalue weighted by Crippen LogP contribution is 2.31. The van der Waals surface area contributed by atoms with Gasteiger partial charge < -0.3 is 9.64 Å². The van der Waals surface area contributed by atoms with Crippen LogP contribution in [-0.4, -0.2) is 52.8 Å². The topological polar surface area (TPSA) is 79.0 Å². The Balaban J connectivity index is 1.02. The summed E-state index contributed by atoms with van der Waals surface area (Å²) in [6.07, 6.45) is 0.695. The number of imide groups is 1. The number of rotatable bonds is 6. The van der Waals surface area contributed by atoms with Crippen LogP contribution in [0.1, 0.15) is 34.3 Å². The van der Waals surface area contributed by atoms with Gasteiger partial charge in [0.1, 0.15) is 17.9 Å². The summed E-state index contributed by atoms with van der Waals surface area (Å²) < 4.78 is 6.18. The summed E-state index contributed by atoms with van der Waals surface area (Å²) in [6.45, 7) is 2.87. The predicted octanol–water partition coefficient (Wildman–Crippen LogP) is 4.03. The third-order valence-corrected chi connectivity index (χ3v) is 7.51. The van der Waals surface area contributed by atoms with E-state index in [2.05, 4.69) is 34.5 Å². The highest BCUT2D eigenvalue weighted by Gasteiger charge is 2.39. The van der Waals surface area contributed by atoms with Crippen molar-refractivity contribution in [1.29, 1.82) is 0 Å². The lowest BCUT2D eigenvalue weighted by Gasteiger charge is -2.39. The second kappa shape index (κ2) is 9.65. The van der Waals surface area contributed by atoms with Crippen LogP contribution in [0.2, 0.25) is 5.02 Å². The van der Waals surface area contributed by atoms with E-state index in [4.69, 9.17) is 16.3 Å². The van der Waals surface area contributed by atoms with Crippen molar-refractivity contribution in [1.82, 2.24) is 15.1 Å². The molecule has 3 amide bonds. The molecule has 3 aliphatic rings. The van der Waals surface area contributed by atoms with Gasteiger partial charge in [0.25, 0.3) is 5.91 Å². The van der Waals surface area contributed by atoms with E-state index >= 15 is 0 Å². The van der Waals surface area contributed by atoms with E-state index in [9.17, 15) is 14.4 Å². The molecule has 3 aromatic rings. The summed E-state index contributed by atoms with van der Waals surface area (Å²) in [4.78, 5) is 40.5. The number of benzene rings is 3. The summed E-state index contributed by atoms with van der Waals surface area (Å²) in [5.41, 5.74) is 5.00. The maximum atomic E-state index is 12.9. The number of nitrogens with one attached hydrogen (secondary N) is 1. The molecule has 37 heavy (non-hydrogen) atoms. The van der Waals surface area contributed by atoms with Crippen LogP contribution in [0, 0.1) is 0 Å². The molecule has 3 heterocycles. The van der Waals surface area contributed by atoms with Gasteiger partial charge in [-0.2, -0.15) is 0 Å². The van der Waals surface area contributed by atoms with Crippen molar-refractivity contribution >= 4 is 29.3 Å². The number of hydrogen-bond donors (Lipinski definition) is 1. The number of likely N-dealkylation sites (tertiary alicyclic amines) is 1. The summed E-state index contributed by atoms with van der Waals surface area (Å²) in [5, 5.41) is 3.07. The van der Waals surface area contributed by atoms with Crippen LogP contribution in [0.25, 0.3) is 11.1 Å². The van der Waals surface area contributed by atoms with Gasteiger partial charge in [-0.15, -0.1) is 0 Å². The zero-order chi connectivity index (χ0) is 25.5. The Morgan fingerprint density at radius 2 is 1.62 bits per heavy atom. The third kappa shape index (κ3) is 4.84. The van der Waals surface area contributed by atoms with Gasteiger partial charge in [-0.05, 0) is 59.0 Å². The average molecular weight is 516 g/mol. The second-order valence-electron chi connectivity index (χ2n) is 9.86. The molecule has 0 aromatic heterocycles. The predicted molar refractivity (Wildman–Crippen MR) is 139 cm³/mol. The van der Waals surface area contributed by atoms with Crippen LogP contribution < -0.4 is 10.1 Å². The minimum absolute atomic E-state index is 0.0923. The van der Waals surface area contributed by atoms with Gasteiger partial charge in [0.05, 0.1) is 0 Å². The number of halogens is 1. The summed E-state index contributed by atoms with van der Waals surface area (Å²) in [5.74, 6) is -0.129. The number of hydrogen-bond acceptors (Lipinski definition) is 5. The molecule has 2 fully saturated rings. The molecule has 6 rings (SSSR count). The van der Waals surface area contributed by atoms with Gasteiger partial charge in [-0.25, -0.2) is 0 Å². The number of carbonyl (C=O) groups excluding carboxylic acids is 3. The van der Waals surface area contributed by atoms with Crippen molar-refractivity contribution in [3.8, 4) is 16.9 Å². The highest BCUT2D eigenvalue weighted by atomic mass is 35.5. The second-order valence-corrected chi connectivity index (χ2v) is 10.3. The highest BCUT2D eigenvalue weighted by molar-refractivity contribution is 6.30. The monoisotopic (exact) mass is 515 g/mol. The molecule has 1 N–H and O–H groups in total. The maximum absolute atomic E-state index is 12.9. The van der Waals surface area contributed by atoms with E-state index < -0.39 is 11.9 Å². The van der Waals surface area contributed by atoms with Gasteiger partial charge in [-0.3, -0.25) is 24.6 Å². The zero-order valence-electron chi connectivity index (χ0n) is 20.2. The quantitative estimate of drug-likeness (QED) is 0.501. The first-order valence-electron chi connectivity index (χ1n) is 12.4. The first kappa shape index (κ1) is 23.7. The van der Waals surface area contributed by atoms with Crippen molar-refractivity contribution in [2.45, 2.75) is 38.1 Å². The first-order valence-corrected chi connectivity index (χ1v) is 12.8. The van der Waals surface area contributed by atoms with Crippen molar-refractivity contribution in [3.63, 3.8) is 0 Å². The Kier molecular flexibility index (Phi) is 6.18. The van der Waals surface area contributed by atoms with Gasteiger partial charge in [0.15, 0.2) is 0 Å². The van der Waals surface area contributed by atoms with E-state index in [1.54, 1.807) is 11.0 Å². The molecule has 1 unspecified atom stereocenters. The number of carbonyl (C=O) groups is 3. The van der Waals surface area contributed by atoms with Crippen molar-refractivity contribution in [2.24, 2.45) is 0 Å². The van der Waals surface area contributed by atoms with E-state index in [1.807, 2.05) is 36.4 Å². The smallest absolute Gasteiger partial charge is 0.255 e. The molecule has 3 aromatic carbocycles. The van der Waals surface area contributed by atoms with Gasteiger partial charge >= 0.3 is 0 Å². The van der Waals surface area contributed by atoms with Crippen molar-refractivity contribution in [3.05, 3.63) is 88.4 Å². The number of nitrogens with zero attached hydrogens (tertiary/aromatic N) is 2. The molecule has 0 aliphatic carbocycles. The lowest BCUT2D eigenvalue weighted by atomic mass is 10.0. The Morgan fingerprint density at radius 3 is 2.32 bits per heavy atom. The average Bonchev–Trinajstić information content (AvgIpc) is 3.19. The van der Waals surface area contributed by atoms with Crippen LogP contribution in [0.4, 0.5) is 0 Å².